The Morgan fingerprint density at radius 3 is 2.53 bits per heavy atom. The zero-order valence-corrected chi connectivity index (χ0v) is 9.62. The van der Waals surface area contributed by atoms with E-state index in [1.165, 1.54) is 0 Å². The molecule has 1 amide bonds. The van der Waals surface area contributed by atoms with Crippen LogP contribution in [0.2, 0.25) is 0 Å². The van der Waals surface area contributed by atoms with Gasteiger partial charge in [-0.3, -0.25) is 4.79 Å². The highest BCUT2D eigenvalue weighted by atomic mass is 16.3. The van der Waals surface area contributed by atoms with Gasteiger partial charge in [0, 0.05) is 11.6 Å². The number of carbonyl (C=O) groups excluding carboxylic acids is 1. The number of allylic oxidation sites excluding steroid dienone is 1. The molecule has 3 heteroatoms. The van der Waals surface area contributed by atoms with Crippen LogP contribution in [0.4, 0.5) is 0 Å². The quantitative estimate of drug-likeness (QED) is 0.699. The van der Waals surface area contributed by atoms with Crippen LogP contribution >= 0.6 is 0 Å². The van der Waals surface area contributed by atoms with Crippen LogP contribution in [0.15, 0.2) is 11.6 Å². The normalized spacial score (nSPS) is 27.5. The van der Waals surface area contributed by atoms with Crippen molar-refractivity contribution in [3.8, 4) is 0 Å². The van der Waals surface area contributed by atoms with Gasteiger partial charge in [-0.05, 0) is 39.0 Å². The van der Waals surface area contributed by atoms with Crippen LogP contribution in [-0.4, -0.2) is 23.2 Å². The van der Waals surface area contributed by atoms with Gasteiger partial charge < -0.3 is 10.4 Å². The Kier molecular flexibility index (Phi) is 4.82. The van der Waals surface area contributed by atoms with E-state index in [0.29, 0.717) is 0 Å². The zero-order valence-electron chi connectivity index (χ0n) is 9.62. The van der Waals surface area contributed by atoms with E-state index in [4.69, 9.17) is 0 Å². The molecule has 0 atom stereocenters. The Morgan fingerprint density at radius 1 is 1.40 bits per heavy atom. The molecule has 1 rings (SSSR count). The highest BCUT2D eigenvalue weighted by molar-refractivity contribution is 5.92. The highest BCUT2D eigenvalue weighted by Crippen LogP contribution is 2.18. The molecule has 15 heavy (non-hydrogen) atoms. The number of nitrogens with one attached hydrogen (secondary N) is 1. The van der Waals surface area contributed by atoms with Crippen molar-refractivity contribution in [3.63, 3.8) is 0 Å². The van der Waals surface area contributed by atoms with Gasteiger partial charge in [0.2, 0.25) is 5.91 Å². The lowest BCUT2D eigenvalue weighted by Gasteiger charge is -2.26. The van der Waals surface area contributed by atoms with Gasteiger partial charge in [-0.2, -0.15) is 0 Å². The number of hydrogen-bond acceptors (Lipinski definition) is 2. The van der Waals surface area contributed by atoms with E-state index in [-0.39, 0.29) is 18.1 Å². The second-order valence-corrected chi connectivity index (χ2v) is 4.27. The molecule has 0 heterocycles. The molecular formula is C12H21NO2. The zero-order chi connectivity index (χ0) is 11.3. The maximum atomic E-state index is 11.6. The molecule has 1 aliphatic carbocycles. The molecule has 2 N–H and O–H groups in total. The Balaban J connectivity index is 2.35. The smallest absolute Gasteiger partial charge is 0.246 e. The van der Waals surface area contributed by atoms with Crippen molar-refractivity contribution in [2.45, 2.75) is 58.1 Å². The summed E-state index contributed by atoms with van der Waals surface area (Å²) < 4.78 is 0. The first-order valence-electron chi connectivity index (χ1n) is 5.79. The van der Waals surface area contributed by atoms with E-state index >= 15 is 0 Å². The van der Waals surface area contributed by atoms with Gasteiger partial charge in [-0.1, -0.05) is 13.0 Å². The average Bonchev–Trinajstić information content (AvgIpc) is 2.22. The molecule has 0 unspecified atom stereocenters. The topological polar surface area (TPSA) is 49.3 Å². The third kappa shape index (κ3) is 4.04. The van der Waals surface area contributed by atoms with E-state index < -0.39 is 0 Å². The number of aliphatic hydroxyl groups excluding tert-OH is 1. The summed E-state index contributed by atoms with van der Waals surface area (Å²) in [5, 5.41) is 12.3. The van der Waals surface area contributed by atoms with Crippen molar-refractivity contribution >= 4 is 5.91 Å². The standard InChI is InChI=1S/C12H21NO2/c1-3-4-9(2)12(15)13-10-5-7-11(14)8-6-10/h4,10-11,14H,3,5-8H2,1-2H3,(H,13,15)/b9-4+. The lowest BCUT2D eigenvalue weighted by Crippen LogP contribution is -2.38. The lowest BCUT2D eigenvalue weighted by molar-refractivity contribution is -0.118. The van der Waals surface area contributed by atoms with Crippen LogP contribution in [0, 0.1) is 0 Å². The molecule has 86 valence electrons. The number of carbonyl (C=O) groups is 1. The van der Waals surface area contributed by atoms with Gasteiger partial charge >= 0.3 is 0 Å². The van der Waals surface area contributed by atoms with Crippen molar-refractivity contribution < 1.29 is 9.90 Å². The van der Waals surface area contributed by atoms with Crippen LogP contribution in [0.25, 0.3) is 0 Å². The van der Waals surface area contributed by atoms with E-state index in [1.807, 2.05) is 19.9 Å². The van der Waals surface area contributed by atoms with E-state index in [9.17, 15) is 9.90 Å². The number of amides is 1. The molecule has 0 saturated heterocycles. The summed E-state index contributed by atoms with van der Waals surface area (Å²) in [5.41, 5.74) is 0.795. The van der Waals surface area contributed by atoms with Crippen LogP contribution in [-0.2, 0) is 4.79 Å². The lowest BCUT2D eigenvalue weighted by atomic mass is 9.93. The fourth-order valence-corrected chi connectivity index (χ4v) is 1.92. The van der Waals surface area contributed by atoms with Crippen LogP contribution < -0.4 is 5.32 Å². The van der Waals surface area contributed by atoms with Crippen LogP contribution in [0.3, 0.4) is 0 Å². The molecule has 1 saturated carbocycles. The van der Waals surface area contributed by atoms with E-state index in [1.54, 1.807) is 0 Å². The first-order chi connectivity index (χ1) is 7.13. The molecule has 0 spiro atoms. The predicted molar refractivity (Wildman–Crippen MR) is 60.5 cm³/mol. The fourth-order valence-electron chi connectivity index (χ4n) is 1.92. The first-order valence-corrected chi connectivity index (χ1v) is 5.79. The summed E-state index contributed by atoms with van der Waals surface area (Å²) >= 11 is 0. The summed E-state index contributed by atoms with van der Waals surface area (Å²) in [6.07, 6.45) is 6.07. The maximum absolute atomic E-state index is 11.6. The van der Waals surface area contributed by atoms with Gasteiger partial charge in [0.05, 0.1) is 6.10 Å². The maximum Gasteiger partial charge on any atom is 0.246 e. The predicted octanol–water partition coefficient (Wildman–Crippen LogP) is 1.76. The summed E-state index contributed by atoms with van der Waals surface area (Å²) in [4.78, 5) is 11.6. The first kappa shape index (κ1) is 12.2. The van der Waals surface area contributed by atoms with Crippen LogP contribution in [0.1, 0.15) is 46.0 Å². The fraction of sp³-hybridized carbons (Fsp3) is 0.750. The monoisotopic (exact) mass is 211 g/mol. The summed E-state index contributed by atoms with van der Waals surface area (Å²) in [6.45, 7) is 3.87. The molecule has 1 aliphatic rings. The number of hydrogen-bond donors (Lipinski definition) is 2. The average molecular weight is 211 g/mol. The summed E-state index contributed by atoms with van der Waals surface area (Å²) in [7, 11) is 0. The molecule has 0 aromatic carbocycles. The Morgan fingerprint density at radius 2 is 2.00 bits per heavy atom. The van der Waals surface area contributed by atoms with E-state index in [0.717, 1.165) is 37.7 Å². The minimum absolute atomic E-state index is 0.0400. The summed E-state index contributed by atoms with van der Waals surface area (Å²) in [6, 6.07) is 0.251. The van der Waals surface area contributed by atoms with Gasteiger partial charge in [-0.15, -0.1) is 0 Å². The third-order valence-corrected chi connectivity index (χ3v) is 2.90. The Hall–Kier alpha value is -0.830. The molecule has 1 fully saturated rings. The molecule has 0 aliphatic heterocycles. The SMILES string of the molecule is CC/C=C(\C)C(=O)NC1CCC(O)CC1. The van der Waals surface area contributed by atoms with Gasteiger partial charge in [0.25, 0.3) is 0 Å². The van der Waals surface area contributed by atoms with Gasteiger partial charge in [-0.25, -0.2) is 0 Å². The minimum Gasteiger partial charge on any atom is -0.393 e. The molecule has 0 aromatic rings. The summed E-state index contributed by atoms with van der Waals surface area (Å²) in [5.74, 6) is 0.0400. The Labute approximate surface area is 91.6 Å². The van der Waals surface area contributed by atoms with E-state index in [2.05, 4.69) is 5.32 Å². The number of aliphatic hydroxyl groups is 1. The van der Waals surface area contributed by atoms with Crippen molar-refractivity contribution in [1.29, 1.82) is 0 Å². The third-order valence-electron chi connectivity index (χ3n) is 2.90. The molecular weight excluding hydrogens is 190 g/mol. The second-order valence-electron chi connectivity index (χ2n) is 4.27. The van der Waals surface area contributed by atoms with Crippen molar-refractivity contribution in [2.75, 3.05) is 0 Å². The number of rotatable bonds is 3. The highest BCUT2D eigenvalue weighted by Gasteiger charge is 2.20. The molecule has 0 bridgehead atoms. The van der Waals surface area contributed by atoms with Crippen LogP contribution in [0.5, 0.6) is 0 Å². The van der Waals surface area contributed by atoms with Crippen molar-refractivity contribution in [3.05, 3.63) is 11.6 Å². The van der Waals surface area contributed by atoms with Gasteiger partial charge in [0.1, 0.15) is 0 Å². The molecule has 0 radical (unpaired) electrons. The largest absolute Gasteiger partial charge is 0.393 e. The Bertz CT molecular complexity index is 240. The minimum atomic E-state index is -0.162. The second kappa shape index (κ2) is 5.91. The molecule has 3 nitrogen and oxygen atoms in total. The molecule has 0 aromatic heterocycles. The van der Waals surface area contributed by atoms with Crippen molar-refractivity contribution in [2.24, 2.45) is 0 Å². The van der Waals surface area contributed by atoms with Gasteiger partial charge in [0.15, 0.2) is 0 Å². The van der Waals surface area contributed by atoms with Crippen molar-refractivity contribution in [1.82, 2.24) is 5.32 Å².